The molecule has 0 unspecified atom stereocenters. The standard InChI is InChI=1S/C16H33NO5S.C6H15N/c1-3-4-5-6-7-8-9-10-11-13-16(18)17-14-12-15-22-23(19,20)21-2;1-4-7(5-2)6-3/h3-15H2,1-2H3,(H,17,18);4-6H2,1-3H3. The van der Waals surface area contributed by atoms with Crippen LogP contribution in [0, 0.1) is 0 Å². The number of carbonyl (C=O) groups is 1. The highest BCUT2D eigenvalue weighted by Gasteiger charge is 2.08. The van der Waals surface area contributed by atoms with Crippen LogP contribution >= 0.6 is 0 Å². The second kappa shape index (κ2) is 23.0. The second-order valence-electron chi connectivity index (χ2n) is 7.30. The summed E-state index contributed by atoms with van der Waals surface area (Å²) < 4.78 is 30.4. The molecule has 0 heterocycles. The lowest BCUT2D eigenvalue weighted by Crippen LogP contribution is -2.25. The molecule has 30 heavy (non-hydrogen) atoms. The third-order valence-corrected chi connectivity index (χ3v) is 5.79. The van der Waals surface area contributed by atoms with Gasteiger partial charge in [0.25, 0.3) is 0 Å². The first-order valence-electron chi connectivity index (χ1n) is 11.8. The van der Waals surface area contributed by atoms with Crippen LogP contribution in [-0.4, -0.2) is 59.1 Å². The van der Waals surface area contributed by atoms with Gasteiger partial charge in [-0.05, 0) is 32.5 Å². The van der Waals surface area contributed by atoms with Crippen molar-refractivity contribution in [3.05, 3.63) is 0 Å². The van der Waals surface area contributed by atoms with E-state index in [1.54, 1.807) is 0 Å². The Balaban J connectivity index is 0. The van der Waals surface area contributed by atoms with Crippen LogP contribution in [0.3, 0.4) is 0 Å². The Hall–Kier alpha value is -0.700. The van der Waals surface area contributed by atoms with Gasteiger partial charge in [-0.25, -0.2) is 4.18 Å². The van der Waals surface area contributed by atoms with Crippen molar-refractivity contribution in [2.45, 2.75) is 98.3 Å². The molecule has 0 saturated carbocycles. The first kappa shape index (κ1) is 31.5. The Morgan fingerprint density at radius 1 is 0.800 bits per heavy atom. The summed E-state index contributed by atoms with van der Waals surface area (Å²) in [6, 6.07) is 0. The predicted octanol–water partition coefficient (Wildman–Crippen LogP) is 4.67. The van der Waals surface area contributed by atoms with Crippen molar-refractivity contribution in [3.63, 3.8) is 0 Å². The fourth-order valence-corrected chi connectivity index (χ4v) is 3.28. The molecule has 1 amide bonds. The molecule has 0 atom stereocenters. The summed E-state index contributed by atoms with van der Waals surface area (Å²) in [5.41, 5.74) is 0. The average Bonchev–Trinajstić information content (AvgIpc) is 2.74. The molecule has 0 aromatic rings. The number of nitrogens with one attached hydrogen (secondary N) is 1. The van der Waals surface area contributed by atoms with Crippen LogP contribution in [0.15, 0.2) is 0 Å². The summed E-state index contributed by atoms with van der Waals surface area (Å²) in [4.78, 5) is 13.9. The molecule has 1 N–H and O–H groups in total. The van der Waals surface area contributed by atoms with Gasteiger partial charge in [0, 0.05) is 13.0 Å². The number of hydrogen-bond donors (Lipinski definition) is 1. The molecule has 0 saturated heterocycles. The van der Waals surface area contributed by atoms with Gasteiger partial charge in [0.1, 0.15) is 0 Å². The number of carbonyl (C=O) groups excluding carboxylic acids is 1. The largest absolute Gasteiger partial charge is 0.399 e. The maximum atomic E-state index is 11.6. The van der Waals surface area contributed by atoms with Crippen molar-refractivity contribution in [2.75, 3.05) is 39.9 Å². The number of rotatable bonds is 19. The fourth-order valence-electron chi connectivity index (χ4n) is 2.86. The molecule has 0 radical (unpaired) electrons. The Morgan fingerprint density at radius 2 is 1.30 bits per heavy atom. The molecule has 0 aromatic carbocycles. The molecule has 0 aliphatic carbocycles. The fraction of sp³-hybridized carbons (Fsp3) is 0.955. The van der Waals surface area contributed by atoms with Gasteiger partial charge in [0.05, 0.1) is 13.7 Å². The van der Waals surface area contributed by atoms with Crippen molar-refractivity contribution in [1.82, 2.24) is 10.2 Å². The molecular formula is C22H48N2O5S. The van der Waals surface area contributed by atoms with Gasteiger partial charge < -0.3 is 10.2 Å². The molecule has 0 aliphatic heterocycles. The van der Waals surface area contributed by atoms with Crippen LogP contribution in [0.4, 0.5) is 0 Å². The van der Waals surface area contributed by atoms with E-state index in [9.17, 15) is 13.2 Å². The smallest absolute Gasteiger partial charge is 0.356 e. The molecule has 0 bridgehead atoms. The summed E-state index contributed by atoms with van der Waals surface area (Å²) in [5, 5.41) is 2.76. The van der Waals surface area contributed by atoms with Crippen LogP contribution in [0.25, 0.3) is 0 Å². The highest BCUT2D eigenvalue weighted by molar-refractivity contribution is 7.81. The normalized spacial score (nSPS) is 11.3. The van der Waals surface area contributed by atoms with Gasteiger partial charge in [-0.3, -0.25) is 8.98 Å². The van der Waals surface area contributed by atoms with E-state index in [4.69, 9.17) is 0 Å². The molecular weight excluding hydrogens is 404 g/mol. The lowest BCUT2D eigenvalue weighted by molar-refractivity contribution is -0.121. The summed E-state index contributed by atoms with van der Waals surface area (Å²) in [6.45, 7) is 12.8. The third kappa shape index (κ3) is 23.6. The summed E-state index contributed by atoms with van der Waals surface area (Å²) in [6.07, 6.45) is 12.0. The topological polar surface area (TPSA) is 84.9 Å². The van der Waals surface area contributed by atoms with Gasteiger partial charge in [-0.15, -0.1) is 0 Å². The molecule has 8 heteroatoms. The minimum atomic E-state index is -3.86. The van der Waals surface area contributed by atoms with Gasteiger partial charge in [0.15, 0.2) is 0 Å². The number of unbranched alkanes of at least 4 members (excludes halogenated alkanes) is 8. The Kier molecular flexibility index (Phi) is 24.1. The molecule has 0 aromatic heterocycles. The zero-order valence-corrected chi connectivity index (χ0v) is 21.0. The quantitative estimate of drug-likeness (QED) is 0.287. The van der Waals surface area contributed by atoms with Crippen molar-refractivity contribution in [1.29, 1.82) is 0 Å². The van der Waals surface area contributed by atoms with Gasteiger partial charge in [0.2, 0.25) is 5.91 Å². The molecule has 0 rings (SSSR count). The van der Waals surface area contributed by atoms with E-state index in [-0.39, 0.29) is 12.5 Å². The molecule has 0 aliphatic rings. The van der Waals surface area contributed by atoms with E-state index >= 15 is 0 Å². The van der Waals surface area contributed by atoms with E-state index in [0.29, 0.717) is 19.4 Å². The van der Waals surface area contributed by atoms with E-state index < -0.39 is 10.4 Å². The van der Waals surface area contributed by atoms with Crippen LogP contribution in [-0.2, 0) is 23.6 Å². The zero-order chi connectivity index (χ0) is 23.1. The van der Waals surface area contributed by atoms with Crippen molar-refractivity contribution >= 4 is 16.3 Å². The average molecular weight is 453 g/mol. The first-order valence-corrected chi connectivity index (χ1v) is 13.1. The Labute approximate surface area is 186 Å². The predicted molar refractivity (Wildman–Crippen MR) is 125 cm³/mol. The zero-order valence-electron chi connectivity index (χ0n) is 20.2. The van der Waals surface area contributed by atoms with Crippen LogP contribution in [0.2, 0.25) is 0 Å². The van der Waals surface area contributed by atoms with E-state index in [2.05, 4.69) is 46.3 Å². The number of hydrogen-bond acceptors (Lipinski definition) is 6. The van der Waals surface area contributed by atoms with Crippen LogP contribution < -0.4 is 5.32 Å². The SMILES string of the molecule is CCCCCCCCCCCC(=O)NCCCOS(=O)(=O)OC.CCN(CC)CC. The second-order valence-corrected chi connectivity index (χ2v) is 8.68. The maximum Gasteiger partial charge on any atom is 0.399 e. The molecule has 7 nitrogen and oxygen atoms in total. The lowest BCUT2D eigenvalue weighted by atomic mass is 10.1. The Bertz CT molecular complexity index is 463. The molecule has 0 spiro atoms. The van der Waals surface area contributed by atoms with E-state index in [1.807, 2.05) is 0 Å². The highest BCUT2D eigenvalue weighted by atomic mass is 32.3. The number of nitrogens with zero attached hydrogens (tertiary/aromatic N) is 1. The van der Waals surface area contributed by atoms with Gasteiger partial charge in [-0.2, -0.15) is 8.42 Å². The minimum absolute atomic E-state index is 0.00842. The monoisotopic (exact) mass is 452 g/mol. The van der Waals surface area contributed by atoms with Crippen molar-refractivity contribution < 1.29 is 21.6 Å². The summed E-state index contributed by atoms with van der Waals surface area (Å²) in [5.74, 6) is 0.0162. The summed E-state index contributed by atoms with van der Waals surface area (Å²) in [7, 11) is -2.82. The Morgan fingerprint density at radius 3 is 1.73 bits per heavy atom. The van der Waals surface area contributed by atoms with Crippen molar-refractivity contribution in [2.24, 2.45) is 0 Å². The number of amides is 1. The van der Waals surface area contributed by atoms with E-state index in [0.717, 1.165) is 20.0 Å². The van der Waals surface area contributed by atoms with Gasteiger partial charge in [-0.1, -0.05) is 79.1 Å². The van der Waals surface area contributed by atoms with Crippen LogP contribution in [0.5, 0.6) is 0 Å². The maximum absolute atomic E-state index is 11.6. The molecule has 182 valence electrons. The van der Waals surface area contributed by atoms with E-state index in [1.165, 1.54) is 64.6 Å². The summed E-state index contributed by atoms with van der Waals surface area (Å²) >= 11 is 0. The molecule has 0 fully saturated rings. The first-order chi connectivity index (χ1) is 14.4. The minimum Gasteiger partial charge on any atom is -0.356 e. The lowest BCUT2D eigenvalue weighted by Gasteiger charge is -2.13. The highest BCUT2D eigenvalue weighted by Crippen LogP contribution is 2.10. The third-order valence-electron chi connectivity index (χ3n) is 4.92. The van der Waals surface area contributed by atoms with Crippen LogP contribution in [0.1, 0.15) is 98.3 Å². The van der Waals surface area contributed by atoms with Crippen molar-refractivity contribution in [3.8, 4) is 0 Å². The van der Waals surface area contributed by atoms with Gasteiger partial charge >= 0.3 is 10.4 Å².